The van der Waals surface area contributed by atoms with Crippen LogP contribution in [0.25, 0.3) is 11.4 Å². The molecule has 7 nitrogen and oxygen atoms in total. The zero-order valence-electron chi connectivity index (χ0n) is 12.1. The van der Waals surface area contributed by atoms with Crippen LogP contribution in [0.15, 0.2) is 23.1 Å². The summed E-state index contributed by atoms with van der Waals surface area (Å²) < 4.78 is 66.6. The van der Waals surface area contributed by atoms with Crippen molar-refractivity contribution in [3.63, 3.8) is 0 Å². The highest BCUT2D eigenvalue weighted by Gasteiger charge is 2.31. The lowest BCUT2D eigenvalue weighted by Gasteiger charge is -2.12. The smallest absolute Gasteiger partial charge is 0.408 e. The Morgan fingerprint density at radius 1 is 1.35 bits per heavy atom. The number of primary sulfonamides is 1. The van der Waals surface area contributed by atoms with Crippen LogP contribution in [0.4, 0.5) is 13.2 Å². The summed E-state index contributed by atoms with van der Waals surface area (Å²) in [5.74, 6) is 0.0858. The topological polar surface area (TPSA) is 100 Å². The van der Waals surface area contributed by atoms with E-state index in [9.17, 15) is 21.6 Å². The van der Waals surface area contributed by atoms with E-state index >= 15 is 0 Å². The average molecular weight is 350 g/mol. The highest BCUT2D eigenvalue weighted by atomic mass is 32.2. The Morgan fingerprint density at radius 2 is 2.00 bits per heavy atom. The van der Waals surface area contributed by atoms with Gasteiger partial charge >= 0.3 is 6.18 Å². The molecule has 0 amide bonds. The van der Waals surface area contributed by atoms with Gasteiger partial charge in [0.2, 0.25) is 10.0 Å². The van der Waals surface area contributed by atoms with Gasteiger partial charge in [0.1, 0.15) is 18.1 Å². The number of alkyl halides is 3. The van der Waals surface area contributed by atoms with E-state index in [1.807, 2.05) is 0 Å². The van der Waals surface area contributed by atoms with Crippen molar-refractivity contribution in [3.8, 4) is 17.1 Å². The third-order valence-electron chi connectivity index (χ3n) is 2.85. The molecule has 0 spiro atoms. The Hall–Kier alpha value is -2.14. The van der Waals surface area contributed by atoms with Crippen molar-refractivity contribution < 1.29 is 26.3 Å². The maximum absolute atomic E-state index is 12.7. The Labute approximate surface area is 129 Å². The molecule has 0 unspecified atom stereocenters. The van der Waals surface area contributed by atoms with Crippen molar-refractivity contribution in [3.05, 3.63) is 24.0 Å². The van der Waals surface area contributed by atoms with Gasteiger partial charge in [-0.05, 0) is 25.1 Å². The molecule has 0 saturated carbocycles. The van der Waals surface area contributed by atoms with Gasteiger partial charge in [0.25, 0.3) is 0 Å². The number of halogens is 3. The zero-order valence-corrected chi connectivity index (χ0v) is 12.9. The molecule has 2 N–H and O–H groups in total. The van der Waals surface area contributed by atoms with E-state index < -0.39 is 22.7 Å². The van der Waals surface area contributed by atoms with Crippen molar-refractivity contribution in [2.75, 3.05) is 7.11 Å². The summed E-state index contributed by atoms with van der Waals surface area (Å²) in [6.45, 7) is 0.0539. The van der Waals surface area contributed by atoms with Crippen LogP contribution in [0.1, 0.15) is 5.82 Å². The Morgan fingerprint density at radius 3 is 2.52 bits per heavy atom. The van der Waals surface area contributed by atoms with E-state index in [1.54, 1.807) is 0 Å². The van der Waals surface area contributed by atoms with Gasteiger partial charge in [-0.25, -0.2) is 23.2 Å². The highest BCUT2D eigenvalue weighted by Crippen LogP contribution is 2.32. The summed E-state index contributed by atoms with van der Waals surface area (Å²) in [7, 11) is -2.74. The summed E-state index contributed by atoms with van der Waals surface area (Å²) in [5, 5.41) is 8.74. The quantitative estimate of drug-likeness (QED) is 0.900. The monoisotopic (exact) mass is 350 g/mol. The first-order valence-electron chi connectivity index (χ1n) is 6.20. The first kappa shape index (κ1) is 17.2. The van der Waals surface area contributed by atoms with Crippen LogP contribution in [0.2, 0.25) is 0 Å². The van der Waals surface area contributed by atoms with E-state index in [-0.39, 0.29) is 27.9 Å². The largest absolute Gasteiger partial charge is 0.496 e. The van der Waals surface area contributed by atoms with Crippen LogP contribution in [0.3, 0.4) is 0 Å². The Kier molecular flexibility index (Phi) is 4.35. The molecule has 126 valence electrons. The number of benzene rings is 1. The second kappa shape index (κ2) is 5.81. The second-order valence-corrected chi connectivity index (χ2v) is 6.22. The summed E-state index contributed by atoms with van der Waals surface area (Å²) in [6, 6.07) is 3.58. The van der Waals surface area contributed by atoms with Gasteiger partial charge in [-0.2, -0.15) is 18.3 Å². The first-order valence-corrected chi connectivity index (χ1v) is 7.75. The summed E-state index contributed by atoms with van der Waals surface area (Å²) in [5.41, 5.74) is 0.0453. The third kappa shape index (κ3) is 3.99. The average Bonchev–Trinajstić information content (AvgIpc) is 2.75. The number of aromatic nitrogens is 3. The van der Waals surface area contributed by atoms with Crippen molar-refractivity contribution in [1.29, 1.82) is 0 Å². The Balaban J connectivity index is 2.66. The maximum Gasteiger partial charge on any atom is 0.408 e. The molecule has 2 rings (SSSR count). The van der Waals surface area contributed by atoms with Crippen molar-refractivity contribution in [2.24, 2.45) is 5.14 Å². The van der Waals surface area contributed by atoms with E-state index in [0.717, 1.165) is 6.07 Å². The molecular formula is C12H13F3N4O3S. The number of sulfonamides is 1. The molecule has 0 atom stereocenters. The van der Waals surface area contributed by atoms with Crippen LogP contribution < -0.4 is 9.88 Å². The molecule has 0 aliphatic heterocycles. The van der Waals surface area contributed by atoms with Gasteiger partial charge in [-0.15, -0.1) is 0 Å². The number of rotatable bonds is 4. The third-order valence-corrected chi connectivity index (χ3v) is 3.76. The number of hydrogen-bond acceptors (Lipinski definition) is 5. The SMILES string of the molecule is COc1ccc(S(N)(=O)=O)cc1-c1nc(C)nn1CC(F)(F)F. The van der Waals surface area contributed by atoms with Gasteiger partial charge in [-0.1, -0.05) is 0 Å². The number of hydrogen-bond donors (Lipinski definition) is 1. The standard InChI is InChI=1S/C12H13F3N4O3S/c1-7-17-11(19(18-7)6-12(13,14)15)9-5-8(23(16,20)21)3-4-10(9)22-2/h3-5H,6H2,1-2H3,(H2,16,20,21). The van der Waals surface area contributed by atoms with Crippen molar-refractivity contribution in [1.82, 2.24) is 14.8 Å². The molecule has 0 saturated heterocycles. The van der Waals surface area contributed by atoms with Crippen LogP contribution >= 0.6 is 0 Å². The molecule has 23 heavy (non-hydrogen) atoms. The van der Waals surface area contributed by atoms with Crippen LogP contribution in [0.5, 0.6) is 5.75 Å². The maximum atomic E-state index is 12.7. The van der Waals surface area contributed by atoms with Crippen molar-refractivity contribution >= 4 is 10.0 Å². The molecule has 0 fully saturated rings. The minimum atomic E-state index is -4.51. The molecule has 0 bridgehead atoms. The lowest BCUT2D eigenvalue weighted by atomic mass is 10.2. The molecule has 0 aliphatic carbocycles. The fraction of sp³-hybridized carbons (Fsp3) is 0.333. The van der Waals surface area contributed by atoms with E-state index in [2.05, 4.69) is 10.1 Å². The minimum Gasteiger partial charge on any atom is -0.496 e. The molecule has 1 heterocycles. The molecular weight excluding hydrogens is 337 g/mol. The van der Waals surface area contributed by atoms with E-state index in [1.165, 1.54) is 26.2 Å². The Bertz CT molecular complexity index is 831. The lowest BCUT2D eigenvalue weighted by molar-refractivity contribution is -0.142. The number of nitrogens with two attached hydrogens (primary N) is 1. The fourth-order valence-electron chi connectivity index (χ4n) is 1.97. The second-order valence-electron chi connectivity index (χ2n) is 4.66. The van der Waals surface area contributed by atoms with Gasteiger partial charge in [0.15, 0.2) is 5.82 Å². The van der Waals surface area contributed by atoms with Crippen LogP contribution in [0, 0.1) is 6.92 Å². The lowest BCUT2D eigenvalue weighted by Crippen LogP contribution is -2.20. The molecule has 1 aromatic heterocycles. The number of methoxy groups -OCH3 is 1. The van der Waals surface area contributed by atoms with E-state index in [4.69, 9.17) is 9.88 Å². The fourth-order valence-corrected chi connectivity index (χ4v) is 2.51. The zero-order chi connectivity index (χ0) is 17.4. The van der Waals surface area contributed by atoms with Crippen LogP contribution in [-0.4, -0.2) is 36.5 Å². The predicted molar refractivity (Wildman–Crippen MR) is 74.2 cm³/mol. The molecule has 11 heteroatoms. The highest BCUT2D eigenvalue weighted by molar-refractivity contribution is 7.89. The number of ether oxygens (including phenoxy) is 1. The first-order chi connectivity index (χ1) is 10.5. The van der Waals surface area contributed by atoms with Gasteiger partial charge < -0.3 is 4.74 Å². The van der Waals surface area contributed by atoms with Gasteiger partial charge in [0, 0.05) is 0 Å². The molecule has 2 aromatic rings. The van der Waals surface area contributed by atoms with Gasteiger partial charge in [-0.3, -0.25) is 0 Å². The summed E-state index contributed by atoms with van der Waals surface area (Å²) >= 11 is 0. The minimum absolute atomic E-state index is 0.0453. The van der Waals surface area contributed by atoms with Crippen molar-refractivity contribution in [2.45, 2.75) is 24.5 Å². The number of aryl methyl sites for hydroxylation is 1. The predicted octanol–water partition coefficient (Wildman–Crippen LogP) is 1.47. The normalized spacial score (nSPS) is 12.4. The van der Waals surface area contributed by atoms with Crippen LogP contribution in [-0.2, 0) is 16.6 Å². The molecule has 1 aromatic carbocycles. The summed E-state index contributed by atoms with van der Waals surface area (Å²) in [4.78, 5) is 3.66. The number of nitrogens with zero attached hydrogens (tertiary/aromatic N) is 3. The van der Waals surface area contributed by atoms with E-state index in [0.29, 0.717) is 4.68 Å². The van der Waals surface area contributed by atoms with Gasteiger partial charge in [0.05, 0.1) is 17.6 Å². The molecule has 0 radical (unpaired) electrons. The summed E-state index contributed by atoms with van der Waals surface area (Å²) in [6.07, 6.45) is -4.51. The molecule has 0 aliphatic rings.